The van der Waals surface area contributed by atoms with E-state index in [0.717, 1.165) is 76.0 Å². The van der Waals surface area contributed by atoms with Crippen molar-refractivity contribution in [1.82, 2.24) is 14.7 Å². The van der Waals surface area contributed by atoms with E-state index in [1.54, 1.807) is 0 Å². The van der Waals surface area contributed by atoms with Gasteiger partial charge in [-0.3, -0.25) is 19.3 Å². The van der Waals surface area contributed by atoms with E-state index in [1.165, 1.54) is 19.3 Å². The molecule has 7 heteroatoms. The molecule has 2 amide bonds. The molecule has 0 radical (unpaired) electrons. The molecule has 0 N–H and O–H groups in total. The fraction of sp³-hybridized carbons (Fsp3) is 0.885. The standard InChI is InChI=1S/C26H41N3O4/c1-3-33-24(31)22-5-4-6-29(17-22)23(30)18(2)27-7-9-28(10-8-27)25(32)26-14-19-11-20(15-26)13-21(12-19)16-26/h18-22H,3-17H2,1-2H3. The fourth-order valence-corrected chi connectivity index (χ4v) is 8.07. The largest absolute Gasteiger partial charge is 0.466 e. The Morgan fingerprint density at radius 2 is 1.52 bits per heavy atom. The lowest BCUT2D eigenvalue weighted by molar-refractivity contribution is -0.160. The summed E-state index contributed by atoms with van der Waals surface area (Å²) in [6.45, 7) is 8.31. The van der Waals surface area contributed by atoms with Crippen molar-refractivity contribution in [2.24, 2.45) is 29.1 Å². The molecule has 7 nitrogen and oxygen atoms in total. The van der Waals surface area contributed by atoms with Gasteiger partial charge in [0.25, 0.3) is 0 Å². The minimum atomic E-state index is -0.220. The molecule has 2 aliphatic heterocycles. The number of ether oxygens (including phenoxy) is 1. The average Bonchev–Trinajstić information content (AvgIpc) is 2.82. The van der Waals surface area contributed by atoms with Crippen molar-refractivity contribution in [1.29, 1.82) is 0 Å². The lowest BCUT2D eigenvalue weighted by Gasteiger charge is -2.57. The SMILES string of the molecule is CCOC(=O)C1CCCN(C(=O)C(C)N2CCN(C(=O)C34CC5CC(CC(C5)C3)C4)CC2)C1. The third kappa shape index (κ3) is 4.42. The molecule has 4 aliphatic carbocycles. The van der Waals surface area contributed by atoms with Crippen molar-refractivity contribution in [3.8, 4) is 0 Å². The number of rotatable bonds is 5. The van der Waals surface area contributed by atoms with E-state index < -0.39 is 0 Å². The van der Waals surface area contributed by atoms with Crippen LogP contribution in [-0.2, 0) is 19.1 Å². The van der Waals surface area contributed by atoms with Crippen molar-refractivity contribution in [3.63, 3.8) is 0 Å². The first-order valence-electron chi connectivity index (χ1n) is 13.4. The van der Waals surface area contributed by atoms with Crippen molar-refractivity contribution in [2.75, 3.05) is 45.9 Å². The molecular weight excluding hydrogens is 418 g/mol. The van der Waals surface area contributed by atoms with Gasteiger partial charge in [-0.2, -0.15) is 0 Å². The van der Waals surface area contributed by atoms with E-state index in [0.29, 0.717) is 25.6 Å². The summed E-state index contributed by atoms with van der Waals surface area (Å²) < 4.78 is 5.18. The Kier molecular flexibility index (Phi) is 6.45. The summed E-state index contributed by atoms with van der Waals surface area (Å²) in [5, 5.41) is 0. The predicted octanol–water partition coefficient (Wildman–Crippen LogP) is 2.54. The van der Waals surface area contributed by atoms with Crippen LogP contribution in [0.2, 0.25) is 0 Å². The summed E-state index contributed by atoms with van der Waals surface area (Å²) in [5.41, 5.74) is -0.0751. The number of likely N-dealkylation sites (tertiary alicyclic amines) is 1. The van der Waals surface area contributed by atoms with E-state index in [1.807, 2.05) is 18.7 Å². The molecule has 6 aliphatic rings. The number of nitrogens with zero attached hydrogens (tertiary/aromatic N) is 3. The maximum absolute atomic E-state index is 13.7. The lowest BCUT2D eigenvalue weighted by atomic mass is 9.49. The molecular formula is C26H41N3O4. The minimum Gasteiger partial charge on any atom is -0.466 e. The van der Waals surface area contributed by atoms with E-state index in [9.17, 15) is 14.4 Å². The van der Waals surface area contributed by atoms with Gasteiger partial charge in [-0.15, -0.1) is 0 Å². The fourth-order valence-electron chi connectivity index (χ4n) is 8.07. The molecule has 0 aromatic heterocycles. The van der Waals surface area contributed by atoms with Crippen LogP contribution in [-0.4, -0.2) is 84.4 Å². The second kappa shape index (κ2) is 9.20. The Bertz CT molecular complexity index is 740. The molecule has 2 unspecified atom stereocenters. The highest BCUT2D eigenvalue weighted by Gasteiger charge is 2.55. The van der Waals surface area contributed by atoms with Gasteiger partial charge in [-0.05, 0) is 83.0 Å². The van der Waals surface area contributed by atoms with Crippen LogP contribution in [0.1, 0.15) is 65.2 Å². The van der Waals surface area contributed by atoms with Crippen LogP contribution in [0, 0.1) is 29.1 Å². The Morgan fingerprint density at radius 1 is 0.909 bits per heavy atom. The van der Waals surface area contributed by atoms with Gasteiger partial charge in [0.2, 0.25) is 11.8 Å². The smallest absolute Gasteiger partial charge is 0.310 e. The maximum Gasteiger partial charge on any atom is 0.310 e. The topological polar surface area (TPSA) is 70.2 Å². The van der Waals surface area contributed by atoms with Crippen LogP contribution in [0.3, 0.4) is 0 Å². The van der Waals surface area contributed by atoms with E-state index in [4.69, 9.17) is 4.74 Å². The zero-order valence-electron chi connectivity index (χ0n) is 20.5. The second-order valence-electron chi connectivity index (χ2n) is 11.6. The molecule has 4 bridgehead atoms. The van der Waals surface area contributed by atoms with Crippen LogP contribution >= 0.6 is 0 Å². The van der Waals surface area contributed by atoms with Gasteiger partial charge >= 0.3 is 5.97 Å². The summed E-state index contributed by atoms with van der Waals surface area (Å²) in [5.74, 6) is 2.47. The molecule has 0 aromatic carbocycles. The van der Waals surface area contributed by atoms with Gasteiger partial charge in [-0.25, -0.2) is 0 Å². The number of carbonyl (C=O) groups excluding carboxylic acids is 3. The van der Waals surface area contributed by atoms with Gasteiger partial charge < -0.3 is 14.5 Å². The van der Waals surface area contributed by atoms with Crippen molar-refractivity contribution < 1.29 is 19.1 Å². The minimum absolute atomic E-state index is 0.0751. The van der Waals surface area contributed by atoms with Crippen LogP contribution in [0.25, 0.3) is 0 Å². The molecule has 2 heterocycles. The van der Waals surface area contributed by atoms with Crippen molar-refractivity contribution in [2.45, 2.75) is 71.3 Å². The first kappa shape index (κ1) is 23.1. The molecule has 0 spiro atoms. The van der Waals surface area contributed by atoms with Crippen LogP contribution in [0.5, 0.6) is 0 Å². The number of piperazine rings is 1. The molecule has 4 saturated carbocycles. The highest BCUT2D eigenvalue weighted by atomic mass is 16.5. The first-order chi connectivity index (χ1) is 15.9. The summed E-state index contributed by atoms with van der Waals surface area (Å²) in [7, 11) is 0. The molecule has 184 valence electrons. The van der Waals surface area contributed by atoms with Gasteiger partial charge in [0.05, 0.1) is 24.0 Å². The van der Waals surface area contributed by atoms with Gasteiger partial charge in [0.15, 0.2) is 0 Å². The number of piperidine rings is 1. The molecule has 6 rings (SSSR count). The Labute approximate surface area is 198 Å². The highest BCUT2D eigenvalue weighted by molar-refractivity contribution is 5.84. The Morgan fingerprint density at radius 3 is 2.09 bits per heavy atom. The third-order valence-corrected chi connectivity index (χ3v) is 9.35. The predicted molar refractivity (Wildman–Crippen MR) is 124 cm³/mol. The molecule has 6 fully saturated rings. The van der Waals surface area contributed by atoms with Crippen LogP contribution < -0.4 is 0 Å². The molecule has 2 saturated heterocycles. The Hall–Kier alpha value is -1.63. The summed E-state index contributed by atoms with van der Waals surface area (Å²) in [4.78, 5) is 45.2. The molecule has 0 aromatic rings. The lowest BCUT2D eigenvalue weighted by Crippen LogP contribution is -2.60. The quantitative estimate of drug-likeness (QED) is 0.591. The molecule has 33 heavy (non-hydrogen) atoms. The number of carbonyl (C=O) groups is 3. The summed E-state index contributed by atoms with van der Waals surface area (Å²) in [6.07, 6.45) is 9.04. The average molecular weight is 460 g/mol. The van der Waals surface area contributed by atoms with Crippen molar-refractivity contribution in [3.05, 3.63) is 0 Å². The molecule has 2 atom stereocenters. The van der Waals surface area contributed by atoms with Crippen LogP contribution in [0.4, 0.5) is 0 Å². The maximum atomic E-state index is 13.7. The monoisotopic (exact) mass is 459 g/mol. The van der Waals surface area contributed by atoms with Gasteiger partial charge in [-0.1, -0.05) is 0 Å². The third-order valence-electron chi connectivity index (χ3n) is 9.35. The summed E-state index contributed by atoms with van der Waals surface area (Å²) >= 11 is 0. The van der Waals surface area contributed by atoms with Crippen molar-refractivity contribution >= 4 is 17.8 Å². The number of esters is 1. The first-order valence-corrected chi connectivity index (χ1v) is 13.4. The van der Waals surface area contributed by atoms with E-state index in [2.05, 4.69) is 9.80 Å². The van der Waals surface area contributed by atoms with E-state index in [-0.39, 0.29) is 29.3 Å². The number of amides is 2. The Balaban J connectivity index is 1.14. The number of hydrogen-bond donors (Lipinski definition) is 0. The summed E-state index contributed by atoms with van der Waals surface area (Å²) in [6, 6.07) is -0.220. The second-order valence-corrected chi connectivity index (χ2v) is 11.6. The zero-order chi connectivity index (χ0) is 23.2. The van der Waals surface area contributed by atoms with Gasteiger partial charge in [0.1, 0.15) is 0 Å². The van der Waals surface area contributed by atoms with Crippen LogP contribution in [0.15, 0.2) is 0 Å². The zero-order valence-corrected chi connectivity index (χ0v) is 20.5. The normalized spacial score (nSPS) is 37.2. The van der Waals surface area contributed by atoms with Gasteiger partial charge in [0, 0.05) is 39.3 Å². The highest BCUT2D eigenvalue weighted by Crippen LogP contribution is 2.60. The van der Waals surface area contributed by atoms with E-state index >= 15 is 0 Å². The number of hydrogen-bond acceptors (Lipinski definition) is 5.